The number of rotatable bonds is 5. The van der Waals surface area contributed by atoms with E-state index in [1.165, 1.54) is 19.3 Å². The maximum absolute atomic E-state index is 5.33. The van der Waals surface area contributed by atoms with Gasteiger partial charge in [0.05, 0.1) is 0 Å². The van der Waals surface area contributed by atoms with Crippen molar-refractivity contribution in [1.82, 2.24) is 10.6 Å². The molecule has 4 unspecified atom stereocenters. The Morgan fingerprint density at radius 3 is 2.65 bits per heavy atom. The van der Waals surface area contributed by atoms with Gasteiger partial charge < -0.3 is 15.4 Å². The molecule has 0 spiro atoms. The largest absolute Gasteiger partial charge is 0.385 e. The molecule has 4 heteroatoms. The lowest BCUT2D eigenvalue weighted by atomic mass is 10.0. The molecule has 0 aromatic carbocycles. The highest BCUT2D eigenvalue weighted by Crippen LogP contribution is 2.65. The topological polar surface area (TPSA) is 33.3 Å². The summed E-state index contributed by atoms with van der Waals surface area (Å²) in [6.45, 7) is 1.71. The number of ether oxygens (including phenoxy) is 1. The second-order valence-electron chi connectivity index (χ2n) is 5.76. The molecular formula is C13H22N2OS. The van der Waals surface area contributed by atoms with Crippen molar-refractivity contribution >= 4 is 17.3 Å². The molecule has 0 aromatic rings. The Bertz CT molecular complexity index is 294. The molecule has 0 amide bonds. The van der Waals surface area contributed by atoms with E-state index in [2.05, 4.69) is 10.6 Å². The Kier molecular flexibility index (Phi) is 3.26. The zero-order valence-corrected chi connectivity index (χ0v) is 11.3. The van der Waals surface area contributed by atoms with Crippen molar-refractivity contribution in [2.24, 2.45) is 23.7 Å². The first kappa shape index (κ1) is 11.7. The Hall–Kier alpha value is -0.350. The van der Waals surface area contributed by atoms with E-state index in [1.54, 1.807) is 7.11 Å². The van der Waals surface area contributed by atoms with Crippen molar-refractivity contribution in [2.75, 3.05) is 20.3 Å². The highest BCUT2D eigenvalue weighted by molar-refractivity contribution is 7.80. The van der Waals surface area contributed by atoms with Gasteiger partial charge in [0.2, 0.25) is 0 Å². The summed E-state index contributed by atoms with van der Waals surface area (Å²) in [7, 11) is 1.73. The minimum absolute atomic E-state index is 0.698. The molecule has 3 aliphatic carbocycles. The van der Waals surface area contributed by atoms with Crippen LogP contribution in [0, 0.1) is 23.7 Å². The van der Waals surface area contributed by atoms with Crippen LogP contribution in [0.1, 0.15) is 25.7 Å². The van der Waals surface area contributed by atoms with Gasteiger partial charge in [-0.2, -0.15) is 0 Å². The highest BCUT2D eigenvalue weighted by Gasteiger charge is 2.65. The smallest absolute Gasteiger partial charge is 0.166 e. The average Bonchev–Trinajstić information content (AvgIpc) is 2.74. The predicted molar refractivity (Wildman–Crippen MR) is 71.8 cm³/mol. The predicted octanol–water partition coefficient (Wildman–Crippen LogP) is 1.53. The van der Waals surface area contributed by atoms with E-state index in [1.807, 2.05) is 0 Å². The van der Waals surface area contributed by atoms with E-state index in [4.69, 9.17) is 17.0 Å². The monoisotopic (exact) mass is 254 g/mol. The summed E-state index contributed by atoms with van der Waals surface area (Å²) in [6.07, 6.45) is 5.46. The van der Waals surface area contributed by atoms with Crippen molar-refractivity contribution < 1.29 is 4.74 Å². The fraction of sp³-hybridized carbons (Fsp3) is 0.923. The van der Waals surface area contributed by atoms with E-state index in [0.717, 1.165) is 48.4 Å². The van der Waals surface area contributed by atoms with Crippen LogP contribution in [-0.4, -0.2) is 31.4 Å². The molecule has 0 aromatic heterocycles. The second kappa shape index (κ2) is 4.73. The summed E-state index contributed by atoms with van der Waals surface area (Å²) in [4.78, 5) is 0. The Morgan fingerprint density at radius 1 is 1.29 bits per heavy atom. The zero-order chi connectivity index (χ0) is 11.8. The zero-order valence-electron chi connectivity index (χ0n) is 10.4. The first-order chi connectivity index (χ1) is 8.31. The number of hydrogen-bond acceptors (Lipinski definition) is 2. The first-order valence-corrected chi connectivity index (χ1v) is 7.25. The average molecular weight is 254 g/mol. The van der Waals surface area contributed by atoms with Crippen LogP contribution in [0.5, 0.6) is 0 Å². The number of methoxy groups -OCH3 is 1. The van der Waals surface area contributed by atoms with Crippen LogP contribution < -0.4 is 10.6 Å². The van der Waals surface area contributed by atoms with Gasteiger partial charge in [0.15, 0.2) is 5.11 Å². The van der Waals surface area contributed by atoms with Crippen LogP contribution in [0.2, 0.25) is 0 Å². The minimum Gasteiger partial charge on any atom is -0.385 e. The fourth-order valence-corrected chi connectivity index (χ4v) is 4.38. The molecule has 3 fully saturated rings. The van der Waals surface area contributed by atoms with Gasteiger partial charge in [-0.3, -0.25) is 0 Å². The fourth-order valence-electron chi connectivity index (χ4n) is 4.14. The molecule has 0 aliphatic heterocycles. The summed E-state index contributed by atoms with van der Waals surface area (Å²) in [5.41, 5.74) is 0. The van der Waals surface area contributed by atoms with Crippen LogP contribution in [-0.2, 0) is 4.74 Å². The third kappa shape index (κ3) is 2.17. The molecule has 96 valence electrons. The van der Waals surface area contributed by atoms with Crippen LogP contribution in [0.3, 0.4) is 0 Å². The third-order valence-corrected chi connectivity index (χ3v) is 5.11. The van der Waals surface area contributed by atoms with Gasteiger partial charge >= 0.3 is 0 Å². The second-order valence-corrected chi connectivity index (χ2v) is 6.17. The van der Waals surface area contributed by atoms with Crippen molar-refractivity contribution in [2.45, 2.75) is 31.7 Å². The number of nitrogens with one attached hydrogen (secondary N) is 2. The molecule has 2 bridgehead atoms. The number of thiocarbonyl (C=S) groups is 1. The minimum atomic E-state index is 0.698. The number of fused-ring (bicyclic) bond motifs is 5. The maximum atomic E-state index is 5.33. The summed E-state index contributed by atoms with van der Waals surface area (Å²) < 4.78 is 5.01. The van der Waals surface area contributed by atoms with Gasteiger partial charge in [-0.25, -0.2) is 0 Å². The van der Waals surface area contributed by atoms with Crippen molar-refractivity contribution in [3.63, 3.8) is 0 Å². The normalized spacial score (nSPS) is 41.1. The molecule has 3 nitrogen and oxygen atoms in total. The van der Waals surface area contributed by atoms with Crippen LogP contribution in [0.25, 0.3) is 0 Å². The first-order valence-electron chi connectivity index (χ1n) is 6.84. The van der Waals surface area contributed by atoms with E-state index in [9.17, 15) is 0 Å². The van der Waals surface area contributed by atoms with Gasteiger partial charge in [-0.15, -0.1) is 0 Å². The lowest BCUT2D eigenvalue weighted by Crippen LogP contribution is -2.39. The SMILES string of the molecule is COCCCNC(=S)NC1C2C3CCC(C3)C12. The lowest BCUT2D eigenvalue weighted by molar-refractivity contribution is 0.195. The summed E-state index contributed by atoms with van der Waals surface area (Å²) in [5.74, 6) is 3.93. The maximum Gasteiger partial charge on any atom is 0.166 e. The van der Waals surface area contributed by atoms with Crippen molar-refractivity contribution in [3.8, 4) is 0 Å². The molecule has 3 rings (SSSR count). The van der Waals surface area contributed by atoms with Crippen LogP contribution in [0.15, 0.2) is 0 Å². The molecule has 4 atom stereocenters. The summed E-state index contributed by atoms with van der Waals surface area (Å²) in [6, 6.07) is 0.698. The van der Waals surface area contributed by atoms with Crippen molar-refractivity contribution in [1.29, 1.82) is 0 Å². The number of hydrogen-bond donors (Lipinski definition) is 2. The van der Waals surface area contributed by atoms with Gasteiger partial charge in [0.1, 0.15) is 0 Å². The van der Waals surface area contributed by atoms with E-state index < -0.39 is 0 Å². The van der Waals surface area contributed by atoms with Gasteiger partial charge in [0.25, 0.3) is 0 Å². The molecule has 2 N–H and O–H groups in total. The van der Waals surface area contributed by atoms with Crippen LogP contribution in [0.4, 0.5) is 0 Å². The molecule has 0 saturated heterocycles. The lowest BCUT2D eigenvalue weighted by Gasteiger charge is -2.13. The van der Waals surface area contributed by atoms with Gasteiger partial charge in [-0.1, -0.05) is 0 Å². The highest BCUT2D eigenvalue weighted by atomic mass is 32.1. The molecule has 3 saturated carbocycles. The van der Waals surface area contributed by atoms with Crippen molar-refractivity contribution in [3.05, 3.63) is 0 Å². The molecule has 0 radical (unpaired) electrons. The quantitative estimate of drug-likeness (QED) is 0.576. The van der Waals surface area contributed by atoms with Gasteiger partial charge in [-0.05, 0) is 61.6 Å². The Labute approximate surface area is 109 Å². The Balaban J connectivity index is 1.37. The van der Waals surface area contributed by atoms with E-state index in [0.29, 0.717) is 6.04 Å². The van der Waals surface area contributed by atoms with Gasteiger partial charge in [0, 0.05) is 26.3 Å². The molecular weight excluding hydrogens is 232 g/mol. The standard InChI is InChI=1S/C13H22N2OS/c1-16-6-2-5-14-13(17)15-12-10-8-3-4-9(7-8)11(10)12/h8-12H,2-7H2,1H3,(H2,14,15,17). The molecule has 3 aliphatic rings. The van der Waals surface area contributed by atoms with Crippen LogP contribution >= 0.6 is 12.2 Å². The molecule has 17 heavy (non-hydrogen) atoms. The summed E-state index contributed by atoms with van der Waals surface area (Å²) in [5, 5.41) is 7.63. The van der Waals surface area contributed by atoms with E-state index >= 15 is 0 Å². The third-order valence-electron chi connectivity index (χ3n) is 4.84. The summed E-state index contributed by atoms with van der Waals surface area (Å²) >= 11 is 5.33. The Morgan fingerprint density at radius 2 is 2.00 bits per heavy atom. The molecule has 0 heterocycles. The van der Waals surface area contributed by atoms with E-state index in [-0.39, 0.29) is 0 Å².